The molecule has 2 unspecified atom stereocenters. The van der Waals surface area contributed by atoms with Crippen molar-refractivity contribution in [3.05, 3.63) is 22.6 Å². The summed E-state index contributed by atoms with van der Waals surface area (Å²) in [5.41, 5.74) is 1.56. The minimum absolute atomic E-state index is 0.0720. The Labute approximate surface area is 114 Å². The molecule has 0 radical (unpaired) electrons. The molecule has 4 nitrogen and oxygen atoms in total. The van der Waals surface area contributed by atoms with Gasteiger partial charge >= 0.3 is 0 Å². The van der Waals surface area contributed by atoms with Gasteiger partial charge in [-0.3, -0.25) is 4.79 Å². The van der Waals surface area contributed by atoms with Crippen molar-refractivity contribution in [2.24, 2.45) is 5.92 Å². The molecule has 2 N–H and O–H groups in total. The van der Waals surface area contributed by atoms with E-state index in [9.17, 15) is 9.90 Å². The normalized spacial score (nSPS) is 23.4. The number of hydrogen-bond acceptors (Lipinski definition) is 3. The average Bonchev–Trinajstić information content (AvgIpc) is 2.64. The van der Waals surface area contributed by atoms with Gasteiger partial charge in [0.1, 0.15) is 11.5 Å². The van der Waals surface area contributed by atoms with Crippen LogP contribution in [0, 0.1) is 26.7 Å². The summed E-state index contributed by atoms with van der Waals surface area (Å²) in [7, 11) is 0. The number of carbonyl (C=O) groups excluding carboxylic acids is 1. The zero-order chi connectivity index (χ0) is 14.0. The van der Waals surface area contributed by atoms with Gasteiger partial charge in [-0.1, -0.05) is 12.8 Å². The van der Waals surface area contributed by atoms with Crippen LogP contribution < -0.4 is 5.32 Å². The van der Waals surface area contributed by atoms with Crippen LogP contribution in [0.4, 0.5) is 0 Å². The molecule has 4 heteroatoms. The molecule has 1 aliphatic carbocycles. The number of furan rings is 1. The van der Waals surface area contributed by atoms with Crippen LogP contribution in [0.1, 0.15) is 53.1 Å². The number of hydrogen-bond donors (Lipinski definition) is 2. The minimum atomic E-state index is -0.0720. The van der Waals surface area contributed by atoms with Gasteiger partial charge in [0.2, 0.25) is 0 Å². The lowest BCUT2D eigenvalue weighted by atomic mass is 9.85. The zero-order valence-electron chi connectivity index (χ0n) is 12.0. The summed E-state index contributed by atoms with van der Waals surface area (Å²) in [5, 5.41) is 12.5. The monoisotopic (exact) mass is 265 g/mol. The van der Waals surface area contributed by atoms with Crippen molar-refractivity contribution in [1.82, 2.24) is 5.32 Å². The maximum atomic E-state index is 12.4. The third-order valence-corrected chi connectivity index (χ3v) is 4.25. The number of aliphatic hydroxyl groups is 1. The number of rotatable bonds is 3. The number of carbonyl (C=O) groups is 1. The van der Waals surface area contributed by atoms with E-state index in [4.69, 9.17) is 4.42 Å². The van der Waals surface area contributed by atoms with E-state index in [0.717, 1.165) is 37.0 Å². The largest absolute Gasteiger partial charge is 0.466 e. The van der Waals surface area contributed by atoms with Gasteiger partial charge in [0, 0.05) is 24.1 Å². The summed E-state index contributed by atoms with van der Waals surface area (Å²) in [5.74, 6) is 1.58. The summed E-state index contributed by atoms with van der Waals surface area (Å²) in [6.45, 7) is 5.74. The van der Waals surface area contributed by atoms with Crippen molar-refractivity contribution in [3.8, 4) is 0 Å². The van der Waals surface area contributed by atoms with E-state index in [1.807, 2.05) is 20.8 Å². The van der Waals surface area contributed by atoms with Gasteiger partial charge in [0.05, 0.1) is 5.56 Å². The molecule has 0 bridgehead atoms. The van der Waals surface area contributed by atoms with Crippen LogP contribution in [-0.2, 0) is 0 Å². The highest BCUT2D eigenvalue weighted by Crippen LogP contribution is 2.26. The molecule has 2 atom stereocenters. The molecule has 2 rings (SSSR count). The fraction of sp³-hybridized carbons (Fsp3) is 0.667. The lowest BCUT2D eigenvalue weighted by Crippen LogP contribution is -2.43. The van der Waals surface area contributed by atoms with Crippen LogP contribution >= 0.6 is 0 Å². The van der Waals surface area contributed by atoms with E-state index in [1.165, 1.54) is 0 Å². The van der Waals surface area contributed by atoms with Gasteiger partial charge in [0.25, 0.3) is 5.91 Å². The first-order chi connectivity index (χ1) is 9.04. The molecule has 106 valence electrons. The molecule has 0 aliphatic heterocycles. The molecule has 0 spiro atoms. The molecule has 1 aliphatic rings. The Morgan fingerprint density at radius 2 is 1.95 bits per heavy atom. The van der Waals surface area contributed by atoms with Crippen LogP contribution in [0.5, 0.6) is 0 Å². The number of aryl methyl sites for hydroxylation is 2. The van der Waals surface area contributed by atoms with Gasteiger partial charge in [-0.2, -0.15) is 0 Å². The number of nitrogens with one attached hydrogen (secondary N) is 1. The Morgan fingerprint density at radius 1 is 1.26 bits per heavy atom. The first-order valence-corrected chi connectivity index (χ1v) is 7.03. The van der Waals surface area contributed by atoms with E-state index in [-0.39, 0.29) is 24.5 Å². The fourth-order valence-electron chi connectivity index (χ4n) is 2.98. The quantitative estimate of drug-likeness (QED) is 0.882. The SMILES string of the molecule is Cc1oc(C)c(C(=O)NC2CCCCC2CO)c1C. The van der Waals surface area contributed by atoms with E-state index in [2.05, 4.69) is 5.32 Å². The number of aliphatic hydroxyl groups excluding tert-OH is 1. The van der Waals surface area contributed by atoms with E-state index < -0.39 is 0 Å². The predicted molar refractivity (Wildman–Crippen MR) is 73.2 cm³/mol. The Kier molecular flexibility index (Phi) is 4.30. The molecular weight excluding hydrogens is 242 g/mol. The predicted octanol–water partition coefficient (Wildman–Crippen LogP) is 2.49. The molecule has 1 heterocycles. The maximum Gasteiger partial charge on any atom is 0.255 e. The lowest BCUT2D eigenvalue weighted by molar-refractivity contribution is 0.0870. The topological polar surface area (TPSA) is 62.5 Å². The van der Waals surface area contributed by atoms with Crippen molar-refractivity contribution < 1.29 is 14.3 Å². The Balaban J connectivity index is 2.12. The molecule has 0 saturated heterocycles. The third-order valence-electron chi connectivity index (χ3n) is 4.25. The fourth-order valence-corrected chi connectivity index (χ4v) is 2.98. The van der Waals surface area contributed by atoms with E-state index in [0.29, 0.717) is 11.3 Å². The zero-order valence-corrected chi connectivity index (χ0v) is 12.0. The highest BCUT2D eigenvalue weighted by molar-refractivity contribution is 5.97. The van der Waals surface area contributed by atoms with Crippen LogP contribution in [-0.4, -0.2) is 23.7 Å². The number of amides is 1. The molecule has 1 aromatic heterocycles. The molecule has 1 fully saturated rings. The maximum absolute atomic E-state index is 12.4. The van der Waals surface area contributed by atoms with Crippen molar-refractivity contribution in [2.45, 2.75) is 52.5 Å². The van der Waals surface area contributed by atoms with Gasteiger partial charge < -0.3 is 14.8 Å². The molecule has 1 amide bonds. The van der Waals surface area contributed by atoms with Crippen LogP contribution in [0.25, 0.3) is 0 Å². The van der Waals surface area contributed by atoms with Crippen molar-refractivity contribution >= 4 is 5.91 Å². The highest BCUT2D eigenvalue weighted by atomic mass is 16.3. The Bertz CT molecular complexity index is 464. The van der Waals surface area contributed by atoms with E-state index >= 15 is 0 Å². The minimum Gasteiger partial charge on any atom is -0.466 e. The van der Waals surface area contributed by atoms with Crippen LogP contribution in [0.15, 0.2) is 4.42 Å². The summed E-state index contributed by atoms with van der Waals surface area (Å²) < 4.78 is 5.50. The van der Waals surface area contributed by atoms with Gasteiger partial charge in [0.15, 0.2) is 0 Å². The summed E-state index contributed by atoms with van der Waals surface area (Å²) >= 11 is 0. The summed E-state index contributed by atoms with van der Waals surface area (Å²) in [6, 6.07) is 0.0836. The Hall–Kier alpha value is -1.29. The molecule has 0 aromatic carbocycles. The second-order valence-electron chi connectivity index (χ2n) is 5.52. The van der Waals surface area contributed by atoms with Crippen LogP contribution in [0.2, 0.25) is 0 Å². The van der Waals surface area contributed by atoms with Crippen molar-refractivity contribution in [2.75, 3.05) is 6.61 Å². The second-order valence-corrected chi connectivity index (χ2v) is 5.52. The van der Waals surface area contributed by atoms with Gasteiger partial charge in [-0.05, 0) is 33.6 Å². The molecular formula is C15H23NO3. The van der Waals surface area contributed by atoms with Gasteiger partial charge in [-0.15, -0.1) is 0 Å². The molecule has 19 heavy (non-hydrogen) atoms. The average molecular weight is 265 g/mol. The highest BCUT2D eigenvalue weighted by Gasteiger charge is 2.28. The van der Waals surface area contributed by atoms with E-state index in [1.54, 1.807) is 0 Å². The van der Waals surface area contributed by atoms with Crippen molar-refractivity contribution in [3.63, 3.8) is 0 Å². The Morgan fingerprint density at radius 3 is 2.53 bits per heavy atom. The smallest absolute Gasteiger partial charge is 0.255 e. The standard InChI is InChI=1S/C15H23NO3/c1-9-10(2)19-11(3)14(9)15(18)16-13-7-5-4-6-12(13)8-17/h12-13,17H,4-8H2,1-3H3,(H,16,18). The van der Waals surface area contributed by atoms with Gasteiger partial charge in [-0.25, -0.2) is 0 Å². The summed E-state index contributed by atoms with van der Waals surface area (Å²) in [6.07, 6.45) is 4.19. The molecule has 1 saturated carbocycles. The lowest BCUT2D eigenvalue weighted by Gasteiger charge is -2.30. The summed E-state index contributed by atoms with van der Waals surface area (Å²) in [4.78, 5) is 12.4. The second kappa shape index (κ2) is 5.78. The van der Waals surface area contributed by atoms with Crippen molar-refractivity contribution in [1.29, 1.82) is 0 Å². The van der Waals surface area contributed by atoms with Crippen LogP contribution in [0.3, 0.4) is 0 Å². The molecule has 1 aromatic rings. The first-order valence-electron chi connectivity index (χ1n) is 7.03. The third kappa shape index (κ3) is 2.84. The first kappa shape index (κ1) is 14.1.